The molecule has 0 spiro atoms. The van der Waals surface area contributed by atoms with Gasteiger partial charge in [-0.15, -0.1) is 11.3 Å². The fourth-order valence-electron chi connectivity index (χ4n) is 3.30. The van der Waals surface area contributed by atoms with Gasteiger partial charge in [-0.05, 0) is 24.7 Å². The normalized spacial score (nSPS) is 16.2. The summed E-state index contributed by atoms with van der Waals surface area (Å²) in [5.41, 5.74) is 2.56. The summed E-state index contributed by atoms with van der Waals surface area (Å²) in [6, 6.07) is 10.3. The molecule has 2 N–H and O–H groups in total. The molecule has 0 saturated heterocycles. The molecule has 0 atom stereocenters. The maximum absolute atomic E-state index is 5.27. The Morgan fingerprint density at radius 1 is 1.27 bits per heavy atom. The van der Waals surface area contributed by atoms with Crippen molar-refractivity contribution in [3.8, 4) is 11.3 Å². The number of ether oxygens (including phenoxy) is 1. The van der Waals surface area contributed by atoms with Crippen LogP contribution in [-0.4, -0.2) is 38.3 Å². The minimum Gasteiger partial charge on any atom is -0.385 e. The molecule has 6 heteroatoms. The summed E-state index contributed by atoms with van der Waals surface area (Å²) in [5, 5.41) is 10.0. The van der Waals surface area contributed by atoms with Gasteiger partial charge in [0, 0.05) is 38.3 Å². The Labute approximate surface area is 159 Å². The van der Waals surface area contributed by atoms with Gasteiger partial charge in [0.25, 0.3) is 0 Å². The largest absolute Gasteiger partial charge is 0.385 e. The van der Waals surface area contributed by atoms with Gasteiger partial charge in [0.2, 0.25) is 0 Å². The van der Waals surface area contributed by atoms with Crippen molar-refractivity contribution in [3.05, 3.63) is 40.7 Å². The summed E-state index contributed by atoms with van der Waals surface area (Å²) in [6.07, 6.45) is 4.97. The number of nitrogens with one attached hydrogen (secondary N) is 2. The van der Waals surface area contributed by atoms with Gasteiger partial charge in [-0.3, -0.25) is 4.99 Å². The van der Waals surface area contributed by atoms with Crippen LogP contribution in [0.2, 0.25) is 0 Å². The smallest absolute Gasteiger partial charge is 0.191 e. The average molecular weight is 373 g/mol. The molecular formula is C20H28N4OS. The number of guanidine groups is 1. The van der Waals surface area contributed by atoms with Crippen LogP contribution in [0.1, 0.15) is 30.7 Å². The number of thiazole rings is 1. The highest BCUT2D eigenvalue weighted by Gasteiger charge is 2.36. The molecule has 1 aromatic carbocycles. The summed E-state index contributed by atoms with van der Waals surface area (Å²) in [7, 11) is 3.59. The standard InChI is InChI=1S/C20H28N4OS/c1-21-19(23-15-20(9-6-10-20)11-12-25-2)22-13-18-24-17(14-26-18)16-7-4-3-5-8-16/h3-5,7-8,14H,6,9-13,15H2,1-2H3,(H2,21,22,23). The molecule has 5 nitrogen and oxygen atoms in total. The van der Waals surface area contributed by atoms with Crippen LogP contribution in [0.4, 0.5) is 0 Å². The molecule has 1 saturated carbocycles. The first kappa shape index (κ1) is 18.9. The van der Waals surface area contributed by atoms with E-state index in [0.29, 0.717) is 12.0 Å². The molecule has 3 rings (SSSR count). The molecule has 0 unspecified atom stereocenters. The topological polar surface area (TPSA) is 58.5 Å². The van der Waals surface area contributed by atoms with E-state index in [-0.39, 0.29) is 0 Å². The van der Waals surface area contributed by atoms with Crippen molar-refractivity contribution >= 4 is 17.3 Å². The van der Waals surface area contributed by atoms with Crippen molar-refractivity contribution in [1.29, 1.82) is 0 Å². The molecule has 1 heterocycles. The van der Waals surface area contributed by atoms with Gasteiger partial charge in [-0.25, -0.2) is 4.98 Å². The first-order valence-electron chi connectivity index (χ1n) is 9.18. The summed E-state index contributed by atoms with van der Waals surface area (Å²) in [4.78, 5) is 9.07. The highest BCUT2D eigenvalue weighted by atomic mass is 32.1. The molecule has 2 aromatic rings. The van der Waals surface area contributed by atoms with Gasteiger partial charge >= 0.3 is 0 Å². The highest BCUT2D eigenvalue weighted by molar-refractivity contribution is 7.09. The SMILES string of the molecule is CN=C(NCc1nc(-c2ccccc2)cs1)NCC1(CCOC)CCC1. The second kappa shape index (κ2) is 9.14. The minimum absolute atomic E-state index is 0.370. The zero-order chi connectivity index (χ0) is 18.2. The van der Waals surface area contributed by atoms with Crippen LogP contribution >= 0.6 is 11.3 Å². The van der Waals surface area contributed by atoms with Gasteiger partial charge in [0.15, 0.2) is 5.96 Å². The Balaban J connectivity index is 1.49. The Bertz CT molecular complexity index is 710. The average Bonchev–Trinajstić information content (AvgIpc) is 3.12. The maximum atomic E-state index is 5.27. The number of hydrogen-bond donors (Lipinski definition) is 2. The Hall–Kier alpha value is -1.92. The molecule has 1 aromatic heterocycles. The van der Waals surface area contributed by atoms with Crippen LogP contribution < -0.4 is 10.6 Å². The fourth-order valence-corrected chi connectivity index (χ4v) is 4.04. The van der Waals surface area contributed by atoms with E-state index in [1.165, 1.54) is 19.3 Å². The molecule has 1 aliphatic carbocycles. The fraction of sp³-hybridized carbons (Fsp3) is 0.500. The van der Waals surface area contributed by atoms with Crippen LogP contribution in [0.5, 0.6) is 0 Å². The molecule has 1 aliphatic rings. The molecule has 1 fully saturated rings. The lowest BCUT2D eigenvalue weighted by molar-refractivity contribution is 0.0732. The van der Waals surface area contributed by atoms with Crippen molar-refractivity contribution in [2.45, 2.75) is 32.2 Å². The third kappa shape index (κ3) is 4.83. The second-order valence-corrected chi connectivity index (χ2v) is 7.81. The van der Waals surface area contributed by atoms with E-state index >= 15 is 0 Å². The van der Waals surface area contributed by atoms with Gasteiger partial charge in [0.1, 0.15) is 5.01 Å². The predicted molar refractivity (Wildman–Crippen MR) is 109 cm³/mol. The van der Waals surface area contributed by atoms with E-state index in [0.717, 1.165) is 41.8 Å². The van der Waals surface area contributed by atoms with E-state index in [1.54, 1.807) is 18.4 Å². The van der Waals surface area contributed by atoms with Gasteiger partial charge in [0.05, 0.1) is 12.2 Å². The predicted octanol–water partition coefficient (Wildman–Crippen LogP) is 3.68. The van der Waals surface area contributed by atoms with Gasteiger partial charge in [-0.2, -0.15) is 0 Å². The van der Waals surface area contributed by atoms with E-state index in [9.17, 15) is 0 Å². The molecular weight excluding hydrogens is 344 g/mol. The second-order valence-electron chi connectivity index (χ2n) is 6.87. The zero-order valence-electron chi connectivity index (χ0n) is 15.6. The lowest BCUT2D eigenvalue weighted by Crippen LogP contribution is -2.46. The molecule has 0 aliphatic heterocycles. The van der Waals surface area contributed by atoms with E-state index in [1.807, 2.05) is 25.2 Å². The lowest BCUT2D eigenvalue weighted by Gasteiger charge is -2.42. The van der Waals surface area contributed by atoms with Gasteiger partial charge in [-0.1, -0.05) is 36.8 Å². The Kier molecular flexibility index (Phi) is 6.63. The minimum atomic E-state index is 0.370. The first-order valence-corrected chi connectivity index (χ1v) is 10.1. The molecule has 0 bridgehead atoms. The van der Waals surface area contributed by atoms with E-state index < -0.39 is 0 Å². The summed E-state index contributed by atoms with van der Waals surface area (Å²) in [6.45, 7) is 2.46. The number of benzene rings is 1. The zero-order valence-corrected chi connectivity index (χ0v) is 16.4. The highest BCUT2D eigenvalue weighted by Crippen LogP contribution is 2.43. The number of rotatable bonds is 8. The van der Waals surface area contributed by atoms with Crippen molar-refractivity contribution in [2.24, 2.45) is 10.4 Å². The van der Waals surface area contributed by atoms with Crippen LogP contribution in [0, 0.1) is 5.41 Å². The van der Waals surface area contributed by atoms with Crippen molar-refractivity contribution < 1.29 is 4.74 Å². The van der Waals surface area contributed by atoms with Crippen LogP contribution in [0.25, 0.3) is 11.3 Å². The van der Waals surface area contributed by atoms with Crippen LogP contribution in [0.3, 0.4) is 0 Å². The van der Waals surface area contributed by atoms with Gasteiger partial charge < -0.3 is 15.4 Å². The van der Waals surface area contributed by atoms with Crippen molar-refractivity contribution in [2.75, 3.05) is 27.3 Å². The lowest BCUT2D eigenvalue weighted by atomic mass is 9.67. The third-order valence-corrected chi connectivity index (χ3v) is 5.98. The number of hydrogen-bond acceptors (Lipinski definition) is 4. The molecule has 0 amide bonds. The van der Waals surface area contributed by atoms with E-state index in [2.05, 4.69) is 33.1 Å². The molecule has 140 valence electrons. The van der Waals surface area contributed by atoms with Crippen LogP contribution in [0.15, 0.2) is 40.7 Å². The number of aromatic nitrogens is 1. The summed E-state index contributed by atoms with van der Waals surface area (Å²) < 4.78 is 5.27. The quantitative estimate of drug-likeness (QED) is 0.548. The van der Waals surface area contributed by atoms with Crippen LogP contribution in [-0.2, 0) is 11.3 Å². The molecule has 0 radical (unpaired) electrons. The summed E-state index contributed by atoms with van der Waals surface area (Å²) in [5.74, 6) is 0.838. The van der Waals surface area contributed by atoms with Crippen molar-refractivity contribution in [1.82, 2.24) is 15.6 Å². The third-order valence-electron chi connectivity index (χ3n) is 5.13. The number of methoxy groups -OCH3 is 1. The van der Waals surface area contributed by atoms with Crippen molar-refractivity contribution in [3.63, 3.8) is 0 Å². The molecule has 26 heavy (non-hydrogen) atoms. The van der Waals surface area contributed by atoms with E-state index in [4.69, 9.17) is 9.72 Å². The number of aliphatic imine (C=N–C) groups is 1. The summed E-state index contributed by atoms with van der Waals surface area (Å²) >= 11 is 1.67. The Morgan fingerprint density at radius 2 is 2.08 bits per heavy atom. The maximum Gasteiger partial charge on any atom is 0.191 e. The Morgan fingerprint density at radius 3 is 2.73 bits per heavy atom. The number of nitrogens with zero attached hydrogens (tertiary/aromatic N) is 2. The first-order chi connectivity index (χ1) is 12.7. The monoisotopic (exact) mass is 372 g/mol.